The Hall–Kier alpha value is -2.69. The van der Waals surface area contributed by atoms with E-state index in [-0.39, 0.29) is 0 Å². The first-order valence-corrected chi connectivity index (χ1v) is 7.43. The molecule has 3 rings (SSSR count). The number of methoxy groups -OCH3 is 2. The lowest BCUT2D eigenvalue weighted by molar-refractivity contribution is 0.397. The van der Waals surface area contributed by atoms with E-state index < -0.39 is 0 Å². The Morgan fingerprint density at radius 3 is 2.17 bits per heavy atom. The van der Waals surface area contributed by atoms with Gasteiger partial charge in [-0.25, -0.2) is 0 Å². The number of ether oxygens (including phenoxy) is 2. The fraction of sp³-hybridized carbons (Fsp3) is 0.278. The Kier molecular flexibility index (Phi) is 3.86. The number of benzene rings is 1. The fourth-order valence-corrected chi connectivity index (χ4v) is 2.94. The number of rotatable bonds is 4. The van der Waals surface area contributed by atoms with Crippen molar-refractivity contribution in [2.24, 2.45) is 14.1 Å². The molecule has 0 aliphatic rings. The van der Waals surface area contributed by atoms with Gasteiger partial charge in [-0.2, -0.15) is 5.10 Å². The van der Waals surface area contributed by atoms with Crippen molar-refractivity contribution in [3.05, 3.63) is 42.2 Å². The van der Waals surface area contributed by atoms with Crippen molar-refractivity contribution in [2.45, 2.75) is 6.92 Å². The molecule has 23 heavy (non-hydrogen) atoms. The highest BCUT2D eigenvalue weighted by Gasteiger charge is 2.18. The second-order valence-corrected chi connectivity index (χ2v) is 5.60. The molecule has 2 heterocycles. The molecule has 0 radical (unpaired) electrons. The number of hydrogen-bond acceptors (Lipinski definition) is 3. The van der Waals surface area contributed by atoms with Crippen molar-refractivity contribution in [1.82, 2.24) is 14.3 Å². The average molecular weight is 311 g/mol. The van der Waals surface area contributed by atoms with Crippen molar-refractivity contribution in [3.63, 3.8) is 0 Å². The first-order valence-electron chi connectivity index (χ1n) is 7.43. The third-order valence-corrected chi connectivity index (χ3v) is 3.97. The van der Waals surface area contributed by atoms with Crippen LogP contribution < -0.4 is 9.47 Å². The highest BCUT2D eigenvalue weighted by Crippen LogP contribution is 2.40. The number of aromatic nitrogens is 3. The van der Waals surface area contributed by atoms with Crippen LogP contribution in [-0.2, 0) is 14.1 Å². The second-order valence-electron chi connectivity index (χ2n) is 5.60. The summed E-state index contributed by atoms with van der Waals surface area (Å²) in [6, 6.07) is 7.93. The van der Waals surface area contributed by atoms with Crippen LogP contribution in [0.2, 0.25) is 0 Å². The molecule has 5 heteroatoms. The molecule has 5 nitrogen and oxygen atoms in total. The van der Waals surface area contributed by atoms with E-state index in [0.717, 1.165) is 39.6 Å². The van der Waals surface area contributed by atoms with Gasteiger partial charge in [0.1, 0.15) is 11.5 Å². The van der Waals surface area contributed by atoms with E-state index in [9.17, 15) is 0 Å². The van der Waals surface area contributed by atoms with Crippen LogP contribution in [0.25, 0.3) is 22.5 Å². The molecule has 0 saturated heterocycles. The van der Waals surface area contributed by atoms with E-state index in [0.29, 0.717) is 0 Å². The van der Waals surface area contributed by atoms with Crippen molar-refractivity contribution < 1.29 is 9.47 Å². The van der Waals surface area contributed by atoms with Crippen molar-refractivity contribution in [3.8, 4) is 34.0 Å². The fourth-order valence-electron chi connectivity index (χ4n) is 2.94. The molecule has 3 aromatic rings. The maximum Gasteiger partial charge on any atom is 0.131 e. The van der Waals surface area contributed by atoms with Crippen molar-refractivity contribution in [2.75, 3.05) is 14.2 Å². The lowest BCUT2D eigenvalue weighted by Gasteiger charge is -2.13. The zero-order valence-electron chi connectivity index (χ0n) is 14.1. The van der Waals surface area contributed by atoms with Crippen LogP contribution >= 0.6 is 0 Å². The van der Waals surface area contributed by atoms with E-state index in [1.54, 1.807) is 14.2 Å². The van der Waals surface area contributed by atoms with Crippen LogP contribution in [0.15, 0.2) is 36.7 Å². The summed E-state index contributed by atoms with van der Waals surface area (Å²) >= 11 is 0. The largest absolute Gasteiger partial charge is 0.496 e. The van der Waals surface area contributed by atoms with E-state index in [4.69, 9.17) is 9.47 Å². The second kappa shape index (κ2) is 5.83. The molecule has 1 aromatic carbocycles. The van der Waals surface area contributed by atoms with Gasteiger partial charge in [0.15, 0.2) is 0 Å². The summed E-state index contributed by atoms with van der Waals surface area (Å²) in [5, 5.41) is 4.55. The van der Waals surface area contributed by atoms with Gasteiger partial charge in [-0.05, 0) is 30.7 Å². The SMILES string of the molecule is COc1cccc(OC)c1-c1cc(-c2nn(C)cc2C)cn1C. The topological polar surface area (TPSA) is 41.2 Å². The van der Waals surface area contributed by atoms with Gasteiger partial charge in [0, 0.05) is 32.1 Å². The normalized spacial score (nSPS) is 10.8. The van der Waals surface area contributed by atoms with Crippen LogP contribution in [0.5, 0.6) is 11.5 Å². The van der Waals surface area contributed by atoms with E-state index in [1.807, 2.05) is 43.2 Å². The maximum atomic E-state index is 5.53. The third kappa shape index (κ3) is 2.59. The van der Waals surface area contributed by atoms with Crippen molar-refractivity contribution in [1.29, 1.82) is 0 Å². The summed E-state index contributed by atoms with van der Waals surface area (Å²) in [7, 11) is 7.29. The summed E-state index contributed by atoms with van der Waals surface area (Å²) in [5.41, 5.74) is 5.19. The minimum atomic E-state index is 0.787. The smallest absolute Gasteiger partial charge is 0.131 e. The Morgan fingerprint density at radius 1 is 1.00 bits per heavy atom. The quantitative estimate of drug-likeness (QED) is 0.741. The predicted molar refractivity (Wildman–Crippen MR) is 90.9 cm³/mol. The van der Waals surface area contributed by atoms with E-state index in [1.165, 1.54) is 0 Å². The molecule has 0 amide bonds. The van der Waals surface area contributed by atoms with Gasteiger partial charge in [0.25, 0.3) is 0 Å². The number of nitrogens with zero attached hydrogens (tertiary/aromatic N) is 3. The maximum absolute atomic E-state index is 5.53. The van der Waals surface area contributed by atoms with Gasteiger partial charge in [-0.3, -0.25) is 4.68 Å². The first-order chi connectivity index (χ1) is 11.0. The van der Waals surface area contributed by atoms with Gasteiger partial charge < -0.3 is 14.0 Å². The Morgan fingerprint density at radius 2 is 1.65 bits per heavy atom. The third-order valence-electron chi connectivity index (χ3n) is 3.97. The molecular weight excluding hydrogens is 290 g/mol. The zero-order valence-corrected chi connectivity index (χ0v) is 14.1. The number of aryl methyl sites for hydroxylation is 3. The number of hydrogen-bond donors (Lipinski definition) is 0. The lowest BCUT2D eigenvalue weighted by Crippen LogP contribution is -1.96. The summed E-state index contributed by atoms with van der Waals surface area (Å²) in [6.45, 7) is 2.07. The lowest BCUT2D eigenvalue weighted by atomic mass is 10.1. The minimum Gasteiger partial charge on any atom is -0.496 e. The minimum absolute atomic E-state index is 0.787. The average Bonchev–Trinajstić information content (AvgIpc) is 3.08. The van der Waals surface area contributed by atoms with Gasteiger partial charge in [0.05, 0.1) is 31.2 Å². The zero-order chi connectivity index (χ0) is 16.6. The van der Waals surface area contributed by atoms with Crippen LogP contribution in [0.1, 0.15) is 5.56 Å². The summed E-state index contributed by atoms with van der Waals surface area (Å²) in [6.07, 6.45) is 4.10. The van der Waals surface area contributed by atoms with Crippen molar-refractivity contribution >= 4 is 0 Å². The summed E-state index contributed by atoms with van der Waals surface area (Å²) in [4.78, 5) is 0. The van der Waals surface area contributed by atoms with Gasteiger partial charge in [0.2, 0.25) is 0 Å². The molecule has 2 aromatic heterocycles. The Balaban J connectivity index is 2.18. The van der Waals surface area contributed by atoms with Crippen LogP contribution in [0.3, 0.4) is 0 Å². The molecular formula is C18H21N3O2. The highest BCUT2D eigenvalue weighted by atomic mass is 16.5. The Bertz CT molecular complexity index is 824. The summed E-state index contributed by atoms with van der Waals surface area (Å²) < 4.78 is 15.0. The van der Waals surface area contributed by atoms with Gasteiger partial charge in [-0.1, -0.05) is 6.07 Å². The first kappa shape index (κ1) is 15.2. The molecule has 0 bridgehead atoms. The molecule has 0 N–H and O–H groups in total. The molecule has 0 unspecified atom stereocenters. The predicted octanol–water partition coefficient (Wildman–Crippen LogP) is 3.42. The summed E-state index contributed by atoms with van der Waals surface area (Å²) in [5.74, 6) is 1.57. The molecule has 0 saturated carbocycles. The molecule has 120 valence electrons. The monoisotopic (exact) mass is 311 g/mol. The van der Waals surface area contributed by atoms with Gasteiger partial charge >= 0.3 is 0 Å². The molecule has 0 atom stereocenters. The van der Waals surface area contributed by atoms with Crippen LogP contribution in [0.4, 0.5) is 0 Å². The molecule has 0 fully saturated rings. The highest BCUT2D eigenvalue weighted by molar-refractivity contribution is 5.79. The van der Waals surface area contributed by atoms with Crippen LogP contribution in [-0.4, -0.2) is 28.6 Å². The Labute approximate surface area is 136 Å². The standard InChI is InChI=1S/C18H21N3O2/c1-12-10-21(3)19-18(12)13-9-14(20(2)11-13)17-15(22-4)7-6-8-16(17)23-5/h6-11H,1-5H3. The molecule has 0 spiro atoms. The van der Waals surface area contributed by atoms with Gasteiger partial charge in [-0.15, -0.1) is 0 Å². The van der Waals surface area contributed by atoms with Crippen LogP contribution in [0, 0.1) is 6.92 Å². The van der Waals surface area contributed by atoms with E-state index in [2.05, 4.69) is 28.9 Å². The molecule has 0 aliphatic heterocycles. The van der Waals surface area contributed by atoms with E-state index >= 15 is 0 Å². The molecule has 0 aliphatic carbocycles.